The maximum Gasteiger partial charge on any atom is 0.258 e. The molecule has 0 unspecified atom stereocenters. The second-order valence-electron chi connectivity index (χ2n) is 4.32. The summed E-state index contributed by atoms with van der Waals surface area (Å²) in [5.41, 5.74) is 0.333. The maximum atomic E-state index is 13.9. The van der Waals surface area contributed by atoms with Crippen LogP contribution in [0.2, 0.25) is 0 Å². The van der Waals surface area contributed by atoms with E-state index in [1.165, 1.54) is 35.2 Å². The van der Waals surface area contributed by atoms with Gasteiger partial charge >= 0.3 is 0 Å². The minimum atomic E-state index is -0.550. The van der Waals surface area contributed by atoms with Crippen LogP contribution >= 0.6 is 0 Å². The highest BCUT2D eigenvalue weighted by molar-refractivity contribution is 6.06. The van der Waals surface area contributed by atoms with Crippen LogP contribution in [-0.4, -0.2) is 12.5 Å². The van der Waals surface area contributed by atoms with Gasteiger partial charge in [-0.2, -0.15) is 5.26 Å². The summed E-state index contributed by atoms with van der Waals surface area (Å²) in [7, 11) is 0. The fraction of sp³-hybridized carbons (Fsp3) is 0.125. The topological polar surface area (TPSA) is 44.1 Å². The summed E-state index contributed by atoms with van der Waals surface area (Å²) < 4.78 is 26.8. The van der Waals surface area contributed by atoms with E-state index in [0.717, 1.165) is 12.1 Å². The van der Waals surface area contributed by atoms with Gasteiger partial charge in [0.05, 0.1) is 18.2 Å². The molecular formula is C16H12F2N2O. The van der Waals surface area contributed by atoms with Crippen molar-refractivity contribution < 1.29 is 13.6 Å². The van der Waals surface area contributed by atoms with Crippen LogP contribution in [0.25, 0.3) is 0 Å². The van der Waals surface area contributed by atoms with Crippen LogP contribution < -0.4 is 4.90 Å². The number of halogens is 2. The predicted molar refractivity (Wildman–Crippen MR) is 74.7 cm³/mol. The molecule has 0 atom stereocenters. The SMILES string of the molecule is N#CCCN(C(=O)c1ccc(F)cc1)c1ccccc1F. The lowest BCUT2D eigenvalue weighted by atomic mass is 10.1. The van der Waals surface area contributed by atoms with E-state index in [9.17, 15) is 13.6 Å². The lowest BCUT2D eigenvalue weighted by Crippen LogP contribution is -2.32. The predicted octanol–water partition coefficient (Wildman–Crippen LogP) is 3.53. The third kappa shape index (κ3) is 3.42. The highest BCUT2D eigenvalue weighted by atomic mass is 19.1. The lowest BCUT2D eigenvalue weighted by Gasteiger charge is -2.22. The van der Waals surface area contributed by atoms with Crippen molar-refractivity contribution in [2.45, 2.75) is 6.42 Å². The van der Waals surface area contributed by atoms with Crippen molar-refractivity contribution in [3.8, 4) is 6.07 Å². The van der Waals surface area contributed by atoms with Gasteiger partial charge in [0, 0.05) is 12.1 Å². The quantitative estimate of drug-likeness (QED) is 0.863. The average molecular weight is 286 g/mol. The number of benzene rings is 2. The molecule has 2 aromatic carbocycles. The molecule has 0 fully saturated rings. The Hall–Kier alpha value is -2.74. The Labute approximate surface area is 121 Å². The van der Waals surface area contributed by atoms with E-state index in [4.69, 9.17) is 5.26 Å². The van der Waals surface area contributed by atoms with Crippen molar-refractivity contribution in [1.82, 2.24) is 0 Å². The molecule has 0 aromatic heterocycles. The van der Waals surface area contributed by atoms with Gasteiger partial charge < -0.3 is 4.90 Å². The number of nitriles is 1. The Balaban J connectivity index is 2.36. The van der Waals surface area contributed by atoms with Crippen molar-refractivity contribution >= 4 is 11.6 Å². The average Bonchev–Trinajstić information content (AvgIpc) is 2.50. The van der Waals surface area contributed by atoms with E-state index >= 15 is 0 Å². The highest BCUT2D eigenvalue weighted by Gasteiger charge is 2.20. The summed E-state index contributed by atoms with van der Waals surface area (Å²) >= 11 is 0. The zero-order valence-corrected chi connectivity index (χ0v) is 11.1. The first-order valence-electron chi connectivity index (χ1n) is 6.32. The van der Waals surface area contributed by atoms with Crippen LogP contribution in [-0.2, 0) is 0 Å². The smallest absolute Gasteiger partial charge is 0.258 e. The van der Waals surface area contributed by atoms with Crippen molar-refractivity contribution in [2.24, 2.45) is 0 Å². The van der Waals surface area contributed by atoms with Crippen molar-refractivity contribution in [1.29, 1.82) is 5.26 Å². The van der Waals surface area contributed by atoms with Gasteiger partial charge in [-0.1, -0.05) is 12.1 Å². The highest BCUT2D eigenvalue weighted by Crippen LogP contribution is 2.21. The molecule has 0 saturated heterocycles. The lowest BCUT2D eigenvalue weighted by molar-refractivity contribution is 0.0986. The van der Waals surface area contributed by atoms with Crippen LogP contribution in [0.15, 0.2) is 48.5 Å². The Bertz CT molecular complexity index is 677. The maximum absolute atomic E-state index is 13.9. The fourth-order valence-electron chi connectivity index (χ4n) is 1.91. The normalized spacial score (nSPS) is 9.95. The van der Waals surface area contributed by atoms with Gasteiger partial charge in [-0.05, 0) is 36.4 Å². The molecule has 0 heterocycles. The van der Waals surface area contributed by atoms with Gasteiger partial charge in [-0.25, -0.2) is 8.78 Å². The fourth-order valence-corrected chi connectivity index (χ4v) is 1.91. The van der Waals surface area contributed by atoms with Gasteiger partial charge in [0.2, 0.25) is 0 Å². The molecule has 1 amide bonds. The first-order valence-corrected chi connectivity index (χ1v) is 6.32. The van der Waals surface area contributed by atoms with Crippen molar-refractivity contribution in [3.05, 3.63) is 65.7 Å². The minimum Gasteiger partial charge on any atom is -0.304 e. The van der Waals surface area contributed by atoms with Crippen LogP contribution in [0.3, 0.4) is 0 Å². The van der Waals surface area contributed by atoms with E-state index in [2.05, 4.69) is 0 Å². The molecule has 2 aromatic rings. The third-order valence-electron chi connectivity index (χ3n) is 2.93. The van der Waals surface area contributed by atoms with E-state index in [1.54, 1.807) is 6.07 Å². The number of carbonyl (C=O) groups excluding carboxylic acids is 1. The molecule has 0 radical (unpaired) electrons. The first kappa shape index (κ1) is 14.7. The molecule has 0 aliphatic heterocycles. The molecule has 0 saturated carbocycles. The Morgan fingerprint density at radius 3 is 2.38 bits per heavy atom. The molecule has 106 valence electrons. The number of amides is 1. The van der Waals surface area contributed by atoms with Crippen LogP contribution in [0.1, 0.15) is 16.8 Å². The van der Waals surface area contributed by atoms with Gasteiger partial charge in [0.1, 0.15) is 11.6 Å². The molecule has 0 spiro atoms. The summed E-state index contributed by atoms with van der Waals surface area (Å²) in [6.07, 6.45) is 0.0707. The molecule has 21 heavy (non-hydrogen) atoms. The first-order chi connectivity index (χ1) is 10.1. The zero-order chi connectivity index (χ0) is 15.2. The van der Waals surface area contributed by atoms with Gasteiger partial charge in [-0.15, -0.1) is 0 Å². The molecule has 2 rings (SSSR count). The summed E-state index contributed by atoms with van der Waals surface area (Å²) in [5, 5.41) is 8.69. The Kier molecular flexibility index (Phi) is 4.62. The summed E-state index contributed by atoms with van der Waals surface area (Å²) in [6.45, 7) is 0.0631. The molecule has 0 N–H and O–H groups in total. The summed E-state index contributed by atoms with van der Waals surface area (Å²) in [5.74, 6) is -1.48. The van der Waals surface area contributed by atoms with Crippen molar-refractivity contribution in [3.63, 3.8) is 0 Å². The number of hydrogen-bond acceptors (Lipinski definition) is 2. The Morgan fingerprint density at radius 2 is 1.76 bits per heavy atom. The van der Waals surface area contributed by atoms with E-state index < -0.39 is 17.5 Å². The van der Waals surface area contributed by atoms with Gasteiger partial charge in [0.15, 0.2) is 0 Å². The summed E-state index contributed by atoms with van der Waals surface area (Å²) in [6, 6.07) is 12.7. The number of anilines is 1. The minimum absolute atomic E-state index is 0.0631. The second kappa shape index (κ2) is 6.62. The zero-order valence-electron chi connectivity index (χ0n) is 11.1. The molecule has 0 aliphatic carbocycles. The van der Waals surface area contributed by atoms with E-state index in [1.807, 2.05) is 6.07 Å². The molecule has 0 bridgehead atoms. The molecule has 5 heteroatoms. The standard InChI is InChI=1S/C16H12F2N2O/c17-13-8-6-12(7-9-13)16(21)20(11-3-10-19)15-5-2-1-4-14(15)18/h1-2,4-9H,3,11H2. The Morgan fingerprint density at radius 1 is 1.10 bits per heavy atom. The van der Waals surface area contributed by atoms with Crippen LogP contribution in [0, 0.1) is 23.0 Å². The van der Waals surface area contributed by atoms with Gasteiger partial charge in [-0.3, -0.25) is 4.79 Å². The van der Waals surface area contributed by atoms with Crippen LogP contribution in [0.5, 0.6) is 0 Å². The van der Waals surface area contributed by atoms with Crippen LogP contribution in [0.4, 0.5) is 14.5 Å². The second-order valence-corrected chi connectivity index (χ2v) is 4.32. The number of nitrogens with zero attached hydrogens (tertiary/aromatic N) is 2. The van der Waals surface area contributed by atoms with E-state index in [-0.39, 0.29) is 24.2 Å². The number of hydrogen-bond donors (Lipinski definition) is 0. The number of para-hydroxylation sites is 1. The molecule has 0 aliphatic rings. The summed E-state index contributed by atoms with van der Waals surface area (Å²) in [4.78, 5) is 13.6. The molecule has 3 nitrogen and oxygen atoms in total. The monoisotopic (exact) mass is 286 g/mol. The molecular weight excluding hydrogens is 274 g/mol. The van der Waals surface area contributed by atoms with Crippen molar-refractivity contribution in [2.75, 3.05) is 11.4 Å². The van der Waals surface area contributed by atoms with Gasteiger partial charge in [0.25, 0.3) is 5.91 Å². The third-order valence-corrected chi connectivity index (χ3v) is 2.93. The largest absolute Gasteiger partial charge is 0.304 e. The number of carbonyl (C=O) groups is 1. The number of rotatable bonds is 4. The van der Waals surface area contributed by atoms with E-state index in [0.29, 0.717) is 0 Å².